The Bertz CT molecular complexity index is 1000. The molecular weight excluding hydrogens is 506 g/mol. The van der Waals surface area contributed by atoms with Crippen LogP contribution in [-0.4, -0.2) is 41.7 Å². The molecule has 2 aromatic carbocycles. The molecular formula is C19H16F10N4O2+2. The van der Waals surface area contributed by atoms with Crippen molar-refractivity contribution in [3.63, 3.8) is 0 Å². The van der Waals surface area contributed by atoms with E-state index in [0.29, 0.717) is 24.3 Å². The highest BCUT2D eigenvalue weighted by atomic mass is 19.4. The van der Waals surface area contributed by atoms with Crippen molar-refractivity contribution in [3.8, 4) is 11.5 Å². The Hall–Kier alpha value is -3.72. The number of alkyl halides is 10. The standard InChI is InChI=1S/C19H14F10N4O2/c20-15(21,16(22,23)18(26,27)34-11-5-1-9(2-6-11)13(30)31)17(24,25)19(28,29)35-12-7-3-10(4-8-12)14(32)33/h1-8H,(H3,30,31)(H3,32,33)/p+2. The lowest BCUT2D eigenvalue weighted by Crippen LogP contribution is -2.69. The van der Waals surface area contributed by atoms with Gasteiger partial charge in [0.2, 0.25) is 0 Å². The molecule has 2 aromatic rings. The Morgan fingerprint density at radius 1 is 0.514 bits per heavy atom. The molecule has 35 heavy (non-hydrogen) atoms. The van der Waals surface area contributed by atoms with Crippen molar-refractivity contribution < 1.29 is 64.2 Å². The predicted octanol–water partition coefficient (Wildman–Crippen LogP) is 1.16. The summed E-state index contributed by atoms with van der Waals surface area (Å²) in [5, 5.41) is 10.4. The number of hydrogen-bond acceptors (Lipinski definition) is 2. The van der Waals surface area contributed by atoms with Crippen LogP contribution in [0.2, 0.25) is 0 Å². The van der Waals surface area contributed by atoms with Gasteiger partial charge in [0, 0.05) is 0 Å². The lowest BCUT2D eigenvalue weighted by atomic mass is 10.0. The molecule has 0 aliphatic rings. The fourth-order valence-corrected chi connectivity index (χ4v) is 2.42. The first-order valence-electron chi connectivity index (χ1n) is 9.00. The maximum atomic E-state index is 14.0. The van der Waals surface area contributed by atoms with Gasteiger partial charge in [-0.25, -0.2) is 0 Å². The lowest BCUT2D eigenvalue weighted by molar-refractivity contribution is -0.451. The van der Waals surface area contributed by atoms with Gasteiger partial charge in [0.25, 0.3) is 11.7 Å². The first kappa shape index (κ1) is 27.5. The largest absolute Gasteiger partial charge is 0.471 e. The molecule has 0 spiro atoms. The summed E-state index contributed by atoms with van der Waals surface area (Å²) in [5.74, 6) is -24.9. The molecule has 0 saturated carbocycles. The number of nitrogens with two attached hydrogens (primary N) is 4. The van der Waals surface area contributed by atoms with E-state index in [1.807, 2.05) is 0 Å². The van der Waals surface area contributed by atoms with Crippen molar-refractivity contribution in [2.45, 2.75) is 30.0 Å². The van der Waals surface area contributed by atoms with Crippen molar-refractivity contribution in [1.82, 2.24) is 0 Å². The SMILES string of the molecule is NC(=[NH2+])c1ccc(OC(F)(F)C(F)(F)C(F)(F)C(F)(F)C(F)(F)Oc2ccc(C(N)=[NH2+])cc2)cc1. The third-order valence-electron chi connectivity index (χ3n) is 4.39. The van der Waals surface area contributed by atoms with Gasteiger partial charge < -0.3 is 9.47 Å². The van der Waals surface area contributed by atoms with Crippen molar-refractivity contribution in [2.24, 2.45) is 11.5 Å². The minimum Gasteiger partial charge on any atom is -0.428 e. The predicted molar refractivity (Wildman–Crippen MR) is 99.3 cm³/mol. The molecule has 0 aliphatic heterocycles. The van der Waals surface area contributed by atoms with Crippen molar-refractivity contribution >= 4 is 11.7 Å². The van der Waals surface area contributed by atoms with E-state index in [1.54, 1.807) is 0 Å². The first-order valence-corrected chi connectivity index (χ1v) is 9.00. The number of rotatable bonds is 10. The zero-order valence-electron chi connectivity index (χ0n) is 17.0. The molecule has 0 fully saturated rings. The van der Waals surface area contributed by atoms with E-state index >= 15 is 0 Å². The Balaban J connectivity index is 2.35. The van der Waals surface area contributed by atoms with Crippen molar-refractivity contribution in [1.29, 1.82) is 0 Å². The molecule has 8 N–H and O–H groups in total. The third-order valence-corrected chi connectivity index (χ3v) is 4.39. The zero-order chi connectivity index (χ0) is 27.0. The summed E-state index contributed by atoms with van der Waals surface area (Å²) in [5.41, 5.74) is 10.4. The minimum absolute atomic E-state index is 0.0128. The van der Waals surface area contributed by atoms with Gasteiger partial charge in [0.05, 0.1) is 11.1 Å². The Labute approximate surface area is 189 Å². The van der Waals surface area contributed by atoms with E-state index in [4.69, 9.17) is 22.3 Å². The Kier molecular flexibility index (Phi) is 6.93. The van der Waals surface area contributed by atoms with Gasteiger partial charge in [-0.15, -0.1) is 0 Å². The smallest absolute Gasteiger partial charge is 0.428 e. The monoisotopic (exact) mass is 522 g/mol. The van der Waals surface area contributed by atoms with Gasteiger partial charge in [0.15, 0.2) is 0 Å². The lowest BCUT2D eigenvalue weighted by Gasteiger charge is -2.38. The molecule has 0 unspecified atom stereocenters. The molecule has 0 atom stereocenters. The maximum absolute atomic E-state index is 14.0. The van der Waals surface area contributed by atoms with E-state index in [-0.39, 0.29) is 22.8 Å². The number of ether oxygens (including phenoxy) is 2. The van der Waals surface area contributed by atoms with Crippen LogP contribution >= 0.6 is 0 Å². The Morgan fingerprint density at radius 2 is 0.771 bits per heavy atom. The average Bonchev–Trinajstić information content (AvgIpc) is 2.73. The molecule has 192 valence electrons. The van der Waals surface area contributed by atoms with E-state index in [1.165, 1.54) is 0 Å². The summed E-state index contributed by atoms with van der Waals surface area (Å²) >= 11 is 0. The van der Waals surface area contributed by atoms with Gasteiger partial charge in [-0.1, -0.05) is 0 Å². The normalized spacial score (nSPS) is 13.3. The fraction of sp³-hybridized carbons (Fsp3) is 0.263. The van der Waals surface area contributed by atoms with E-state index in [9.17, 15) is 43.9 Å². The summed E-state index contributed by atoms with van der Waals surface area (Å²) in [6.07, 6.45) is -12.8. The van der Waals surface area contributed by atoms with Crippen LogP contribution in [0.5, 0.6) is 11.5 Å². The van der Waals surface area contributed by atoms with Gasteiger partial charge in [-0.3, -0.25) is 22.3 Å². The van der Waals surface area contributed by atoms with Crippen molar-refractivity contribution in [3.05, 3.63) is 59.7 Å². The highest BCUT2D eigenvalue weighted by molar-refractivity contribution is 5.93. The van der Waals surface area contributed by atoms with E-state index < -0.39 is 41.5 Å². The quantitative estimate of drug-likeness (QED) is 0.213. The second-order valence-corrected chi connectivity index (χ2v) is 6.92. The molecule has 0 aromatic heterocycles. The topological polar surface area (TPSA) is 122 Å². The van der Waals surface area contributed by atoms with E-state index in [2.05, 4.69) is 9.47 Å². The van der Waals surface area contributed by atoms with Gasteiger partial charge >= 0.3 is 30.0 Å². The van der Waals surface area contributed by atoms with Crippen LogP contribution in [-0.2, 0) is 0 Å². The number of halogens is 10. The van der Waals surface area contributed by atoms with Crippen LogP contribution in [0.4, 0.5) is 43.9 Å². The van der Waals surface area contributed by atoms with Crippen LogP contribution in [0.25, 0.3) is 0 Å². The molecule has 0 radical (unpaired) electrons. The average molecular weight is 522 g/mol. The molecule has 0 saturated heterocycles. The van der Waals surface area contributed by atoms with Gasteiger partial charge in [-0.05, 0) is 48.5 Å². The van der Waals surface area contributed by atoms with Crippen LogP contribution in [0.15, 0.2) is 48.5 Å². The molecule has 0 amide bonds. The molecule has 2 rings (SSSR count). The summed E-state index contributed by atoms with van der Waals surface area (Å²) in [7, 11) is 0. The second kappa shape index (κ2) is 8.81. The van der Waals surface area contributed by atoms with Crippen molar-refractivity contribution in [2.75, 3.05) is 0 Å². The highest BCUT2D eigenvalue weighted by Gasteiger charge is 2.89. The molecule has 0 bridgehead atoms. The van der Waals surface area contributed by atoms with Crippen LogP contribution in [0.1, 0.15) is 11.1 Å². The number of amidine groups is 2. The molecule has 16 heteroatoms. The number of hydrogen-bond donors (Lipinski definition) is 4. The highest BCUT2D eigenvalue weighted by Crippen LogP contribution is 2.57. The summed E-state index contributed by atoms with van der Waals surface area (Å²) in [4.78, 5) is 0. The zero-order valence-corrected chi connectivity index (χ0v) is 17.0. The van der Waals surface area contributed by atoms with Gasteiger partial charge in [0.1, 0.15) is 11.5 Å². The van der Waals surface area contributed by atoms with Crippen LogP contribution in [0.3, 0.4) is 0 Å². The third kappa shape index (κ3) is 4.90. The minimum atomic E-state index is -7.40. The molecule has 6 nitrogen and oxygen atoms in total. The number of benzene rings is 2. The van der Waals surface area contributed by atoms with Crippen LogP contribution in [0, 0.1) is 0 Å². The van der Waals surface area contributed by atoms with Crippen LogP contribution < -0.4 is 31.8 Å². The second-order valence-electron chi connectivity index (χ2n) is 6.92. The molecule has 0 aliphatic carbocycles. The summed E-state index contributed by atoms with van der Waals surface area (Å²) in [6, 6.07) is 5.43. The fourth-order valence-electron chi connectivity index (χ4n) is 2.42. The summed E-state index contributed by atoms with van der Waals surface area (Å²) in [6.45, 7) is 0. The first-order chi connectivity index (χ1) is 15.8. The molecule has 0 heterocycles. The Morgan fingerprint density at radius 3 is 1.00 bits per heavy atom. The van der Waals surface area contributed by atoms with Gasteiger partial charge in [-0.2, -0.15) is 43.9 Å². The maximum Gasteiger partial charge on any atom is 0.471 e. The summed E-state index contributed by atoms with van der Waals surface area (Å²) < 4.78 is 147. The van der Waals surface area contributed by atoms with E-state index in [0.717, 1.165) is 24.3 Å².